The van der Waals surface area contributed by atoms with Crippen LogP contribution >= 0.6 is 11.6 Å². The lowest BCUT2D eigenvalue weighted by Crippen LogP contribution is -2.41. The van der Waals surface area contributed by atoms with Gasteiger partial charge in [-0.25, -0.2) is 0 Å². The first-order chi connectivity index (χ1) is 15.9. The van der Waals surface area contributed by atoms with Gasteiger partial charge in [0.15, 0.2) is 0 Å². The number of likely N-dealkylation sites (N-methyl/N-ethyl adjacent to an activating group) is 1. The fourth-order valence-corrected chi connectivity index (χ4v) is 3.78. The van der Waals surface area contributed by atoms with Crippen LogP contribution < -0.4 is 19.7 Å². The molecule has 1 amide bonds. The Morgan fingerprint density at radius 2 is 1.91 bits per heavy atom. The normalized spacial score (nSPS) is 14.7. The number of carboxylic acid groups (broad SMARTS) is 1. The van der Waals surface area contributed by atoms with Crippen LogP contribution in [0.2, 0.25) is 5.02 Å². The van der Waals surface area contributed by atoms with Gasteiger partial charge in [-0.3, -0.25) is 9.59 Å². The van der Waals surface area contributed by atoms with Gasteiger partial charge < -0.3 is 24.8 Å². The summed E-state index contributed by atoms with van der Waals surface area (Å²) in [6.07, 6.45) is -0.272. The van der Waals surface area contributed by atoms with Gasteiger partial charge in [0, 0.05) is 12.6 Å². The van der Waals surface area contributed by atoms with Crippen molar-refractivity contribution in [2.45, 2.75) is 12.5 Å². The lowest BCUT2D eigenvalue weighted by molar-refractivity contribution is -0.136. The Labute approximate surface area is 196 Å². The van der Waals surface area contributed by atoms with Gasteiger partial charge in [-0.2, -0.15) is 0 Å². The highest BCUT2D eigenvalue weighted by Crippen LogP contribution is 2.32. The summed E-state index contributed by atoms with van der Waals surface area (Å²) >= 11 is 6.15. The van der Waals surface area contributed by atoms with Gasteiger partial charge in [-0.15, -0.1) is 0 Å². The van der Waals surface area contributed by atoms with Crippen molar-refractivity contribution in [1.29, 1.82) is 0 Å². The highest BCUT2D eigenvalue weighted by Gasteiger charge is 2.23. The molecule has 8 heteroatoms. The highest BCUT2D eigenvalue weighted by atomic mass is 35.5. The predicted molar refractivity (Wildman–Crippen MR) is 127 cm³/mol. The van der Waals surface area contributed by atoms with E-state index in [4.69, 9.17) is 26.2 Å². The average Bonchev–Trinajstić information content (AvgIpc) is 2.80. The molecule has 170 valence electrons. The van der Waals surface area contributed by atoms with Crippen molar-refractivity contribution in [3.05, 3.63) is 82.9 Å². The molecule has 1 aliphatic heterocycles. The van der Waals surface area contributed by atoms with Crippen LogP contribution in [0.25, 0.3) is 0 Å². The van der Waals surface area contributed by atoms with Crippen molar-refractivity contribution < 1.29 is 24.2 Å². The Morgan fingerprint density at radius 1 is 1.15 bits per heavy atom. The summed E-state index contributed by atoms with van der Waals surface area (Å²) in [5, 5.41) is 12.0. The first kappa shape index (κ1) is 22.5. The van der Waals surface area contributed by atoms with Gasteiger partial charge in [-0.05, 0) is 54.1 Å². The maximum absolute atomic E-state index is 12.6. The number of halogens is 1. The topological polar surface area (TPSA) is 88.1 Å². The number of carboxylic acids is 1. The lowest BCUT2D eigenvalue weighted by atomic mass is 10.1. The molecule has 0 aromatic heterocycles. The number of benzene rings is 3. The second-order valence-corrected chi connectivity index (χ2v) is 8.17. The molecule has 1 atom stereocenters. The number of carbonyl (C=O) groups excluding carboxylic acids is 1. The highest BCUT2D eigenvalue weighted by molar-refractivity contribution is 6.34. The minimum atomic E-state index is -0.959. The van der Waals surface area contributed by atoms with Gasteiger partial charge in [0.1, 0.15) is 24.2 Å². The van der Waals surface area contributed by atoms with E-state index in [0.717, 1.165) is 11.4 Å². The number of fused-ring (bicyclic) bond motifs is 1. The van der Waals surface area contributed by atoms with E-state index >= 15 is 0 Å². The van der Waals surface area contributed by atoms with E-state index in [1.165, 1.54) is 0 Å². The van der Waals surface area contributed by atoms with Gasteiger partial charge in [0.25, 0.3) is 5.91 Å². The third-order valence-corrected chi connectivity index (χ3v) is 5.56. The number of rotatable bonds is 7. The van der Waals surface area contributed by atoms with Crippen molar-refractivity contribution in [2.75, 3.05) is 30.4 Å². The van der Waals surface area contributed by atoms with E-state index in [1.54, 1.807) is 42.5 Å². The molecule has 2 N–H and O–H groups in total. The summed E-state index contributed by atoms with van der Waals surface area (Å²) in [5.74, 6) is 0.139. The number of nitrogens with zero attached hydrogens (tertiary/aromatic N) is 1. The van der Waals surface area contributed by atoms with Crippen molar-refractivity contribution in [2.24, 2.45) is 0 Å². The third-order valence-electron chi connectivity index (χ3n) is 5.23. The first-order valence-corrected chi connectivity index (χ1v) is 10.8. The number of nitrogens with one attached hydrogen (secondary N) is 1. The van der Waals surface area contributed by atoms with E-state index in [-0.39, 0.29) is 18.4 Å². The van der Waals surface area contributed by atoms with Crippen LogP contribution in [-0.2, 0) is 11.2 Å². The molecule has 1 heterocycles. The Balaban J connectivity index is 1.35. The third kappa shape index (κ3) is 5.56. The van der Waals surface area contributed by atoms with Crippen LogP contribution in [0.15, 0.2) is 66.7 Å². The summed E-state index contributed by atoms with van der Waals surface area (Å²) in [5.41, 5.74) is 2.38. The molecule has 0 radical (unpaired) electrons. The molecule has 3 aromatic rings. The van der Waals surface area contributed by atoms with Gasteiger partial charge in [0.05, 0.1) is 29.4 Å². The molecule has 33 heavy (non-hydrogen) atoms. The van der Waals surface area contributed by atoms with Crippen LogP contribution in [0.5, 0.6) is 11.5 Å². The van der Waals surface area contributed by atoms with Crippen molar-refractivity contribution >= 4 is 34.9 Å². The summed E-state index contributed by atoms with van der Waals surface area (Å²) in [4.78, 5) is 25.7. The molecule has 1 aliphatic rings. The Morgan fingerprint density at radius 3 is 2.67 bits per heavy atom. The maximum Gasteiger partial charge on any atom is 0.307 e. The number of hydrogen-bond acceptors (Lipinski definition) is 5. The number of amides is 1. The van der Waals surface area contributed by atoms with Gasteiger partial charge in [0.2, 0.25) is 0 Å². The fraction of sp³-hybridized carbons (Fsp3) is 0.200. The molecule has 0 saturated heterocycles. The Hall–Kier alpha value is -3.71. The largest absolute Gasteiger partial charge is 0.490 e. The summed E-state index contributed by atoms with van der Waals surface area (Å²) in [6, 6.07) is 19.4. The van der Waals surface area contributed by atoms with Crippen LogP contribution in [0.1, 0.15) is 15.9 Å². The average molecular weight is 467 g/mol. The molecule has 3 aromatic carbocycles. The second-order valence-electron chi connectivity index (χ2n) is 7.76. The smallest absolute Gasteiger partial charge is 0.307 e. The maximum atomic E-state index is 12.6. The number of aliphatic carboxylic acids is 1. The molecular formula is C25H23ClN2O5. The SMILES string of the molecule is CN1C[C@@H](COc2ccc(C(=O)Nc3cc(CC(=O)O)ccc3Cl)cc2)Oc2ccccc21. The number of ether oxygens (including phenoxy) is 2. The van der Waals surface area contributed by atoms with E-state index in [2.05, 4.69) is 10.2 Å². The van der Waals surface area contributed by atoms with Crippen LogP contribution in [0, 0.1) is 0 Å². The number of hydrogen-bond donors (Lipinski definition) is 2. The molecule has 4 rings (SSSR count). The van der Waals surface area contributed by atoms with E-state index in [9.17, 15) is 9.59 Å². The Kier molecular flexibility index (Phi) is 6.70. The van der Waals surface area contributed by atoms with E-state index in [1.807, 2.05) is 31.3 Å². The zero-order chi connectivity index (χ0) is 23.4. The van der Waals surface area contributed by atoms with Crippen LogP contribution in [0.4, 0.5) is 11.4 Å². The standard InChI is InChI=1S/C25H23ClN2O5/c1-28-14-19(33-23-5-3-2-4-22(23)28)15-32-18-9-7-17(8-10-18)25(31)27-21-12-16(13-24(29)30)6-11-20(21)26/h2-12,19H,13-15H2,1H3,(H,27,31)(H,29,30)/t19-/m0/s1. The molecule has 7 nitrogen and oxygen atoms in total. The molecule has 0 saturated carbocycles. The number of carbonyl (C=O) groups is 2. The molecule has 0 spiro atoms. The van der Waals surface area contributed by atoms with Gasteiger partial charge >= 0.3 is 5.97 Å². The van der Waals surface area contributed by atoms with Gasteiger partial charge in [-0.1, -0.05) is 29.8 Å². The molecule has 0 bridgehead atoms. The van der Waals surface area contributed by atoms with Crippen molar-refractivity contribution in [3.8, 4) is 11.5 Å². The number of para-hydroxylation sites is 2. The van der Waals surface area contributed by atoms with Crippen LogP contribution in [0.3, 0.4) is 0 Å². The van der Waals surface area contributed by atoms with Crippen LogP contribution in [-0.4, -0.2) is 43.3 Å². The Bertz CT molecular complexity index is 1170. The number of anilines is 2. The summed E-state index contributed by atoms with van der Waals surface area (Å²) in [7, 11) is 2.02. The summed E-state index contributed by atoms with van der Waals surface area (Å²) in [6.45, 7) is 1.08. The second kappa shape index (κ2) is 9.83. The molecular weight excluding hydrogens is 444 g/mol. The monoisotopic (exact) mass is 466 g/mol. The molecule has 0 unspecified atom stereocenters. The predicted octanol–water partition coefficient (Wildman–Crippen LogP) is 4.50. The molecule has 0 aliphatic carbocycles. The lowest BCUT2D eigenvalue weighted by Gasteiger charge is -2.33. The zero-order valence-corrected chi connectivity index (χ0v) is 18.7. The first-order valence-electron chi connectivity index (χ1n) is 10.4. The minimum absolute atomic E-state index is 0.118. The fourth-order valence-electron chi connectivity index (χ4n) is 3.62. The quantitative estimate of drug-likeness (QED) is 0.533. The van der Waals surface area contributed by atoms with E-state index < -0.39 is 5.97 Å². The minimum Gasteiger partial charge on any atom is -0.490 e. The zero-order valence-electron chi connectivity index (χ0n) is 18.0. The van der Waals surface area contributed by atoms with E-state index in [0.29, 0.717) is 40.7 Å². The van der Waals surface area contributed by atoms with Crippen molar-refractivity contribution in [3.63, 3.8) is 0 Å². The molecule has 0 fully saturated rings. The van der Waals surface area contributed by atoms with Crippen molar-refractivity contribution in [1.82, 2.24) is 0 Å². The summed E-state index contributed by atoms with van der Waals surface area (Å²) < 4.78 is 11.9.